The molecule has 0 saturated heterocycles. The van der Waals surface area contributed by atoms with Crippen molar-refractivity contribution < 1.29 is 0 Å². The molecule has 0 aliphatic carbocycles. The Morgan fingerprint density at radius 1 is 0.840 bits per heavy atom. The summed E-state index contributed by atoms with van der Waals surface area (Å²) in [5.41, 5.74) is 4.64. The van der Waals surface area contributed by atoms with E-state index in [1.54, 1.807) is 12.5 Å². The van der Waals surface area contributed by atoms with E-state index in [1.165, 1.54) is 5.56 Å². The van der Waals surface area contributed by atoms with E-state index >= 15 is 0 Å². The lowest BCUT2D eigenvalue weighted by molar-refractivity contribution is 1.08. The molecular formula is C19H14N6. The Hall–Kier alpha value is -3.54. The van der Waals surface area contributed by atoms with Gasteiger partial charge in [0.05, 0.1) is 23.6 Å². The number of aromatic amines is 1. The summed E-state index contributed by atoms with van der Waals surface area (Å²) in [6.07, 6.45) is 3.35. The molecule has 0 bridgehead atoms. The third-order valence-corrected chi connectivity index (χ3v) is 4.30. The van der Waals surface area contributed by atoms with Crippen molar-refractivity contribution in [3.05, 3.63) is 66.6 Å². The van der Waals surface area contributed by atoms with E-state index in [0.717, 1.165) is 27.3 Å². The predicted molar refractivity (Wildman–Crippen MR) is 98.3 cm³/mol. The maximum Gasteiger partial charge on any atom is 0.225 e. The first kappa shape index (κ1) is 13.9. The number of para-hydroxylation sites is 2. The lowest BCUT2D eigenvalue weighted by atomic mass is 10.0. The van der Waals surface area contributed by atoms with Crippen LogP contribution in [0.1, 0.15) is 5.56 Å². The molecule has 0 aliphatic rings. The van der Waals surface area contributed by atoms with Crippen molar-refractivity contribution in [2.24, 2.45) is 0 Å². The zero-order valence-corrected chi connectivity index (χ0v) is 13.3. The normalized spacial score (nSPS) is 11.4. The molecule has 3 heterocycles. The molecular weight excluding hydrogens is 312 g/mol. The fourth-order valence-corrected chi connectivity index (χ4v) is 3.11. The Balaban J connectivity index is 1.60. The summed E-state index contributed by atoms with van der Waals surface area (Å²) in [7, 11) is 0. The van der Waals surface area contributed by atoms with E-state index in [0.29, 0.717) is 18.1 Å². The van der Waals surface area contributed by atoms with Gasteiger partial charge in [-0.2, -0.15) is 4.98 Å². The van der Waals surface area contributed by atoms with Crippen LogP contribution in [-0.2, 0) is 6.54 Å². The van der Waals surface area contributed by atoms with Gasteiger partial charge in [-0.1, -0.05) is 36.4 Å². The van der Waals surface area contributed by atoms with Crippen molar-refractivity contribution in [1.29, 1.82) is 0 Å². The zero-order chi connectivity index (χ0) is 16.6. The van der Waals surface area contributed by atoms with Gasteiger partial charge in [-0.05, 0) is 17.7 Å². The van der Waals surface area contributed by atoms with Crippen molar-refractivity contribution in [2.45, 2.75) is 6.54 Å². The fraction of sp³-hybridized carbons (Fsp3) is 0.0526. The predicted octanol–water partition coefficient (Wildman–Crippen LogP) is 3.67. The molecule has 120 valence electrons. The minimum absolute atomic E-state index is 0.560. The molecule has 0 amide bonds. The van der Waals surface area contributed by atoms with E-state index in [9.17, 15) is 0 Å². The highest BCUT2D eigenvalue weighted by Crippen LogP contribution is 2.26. The molecule has 0 spiro atoms. The maximum atomic E-state index is 4.75. The van der Waals surface area contributed by atoms with E-state index in [4.69, 9.17) is 4.98 Å². The SMILES string of the molecule is c1ccc2c(CNc3ncc4[nH]cnc4n3)c3ccccc3nc2c1. The Kier molecular flexibility index (Phi) is 3.06. The Morgan fingerprint density at radius 3 is 2.32 bits per heavy atom. The fourth-order valence-electron chi connectivity index (χ4n) is 3.11. The minimum atomic E-state index is 0.560. The lowest BCUT2D eigenvalue weighted by Gasteiger charge is -2.11. The molecule has 5 aromatic rings. The molecule has 0 radical (unpaired) electrons. The van der Waals surface area contributed by atoms with Gasteiger partial charge in [-0.25, -0.2) is 15.0 Å². The quantitative estimate of drug-likeness (QED) is 0.495. The number of hydrogen-bond donors (Lipinski definition) is 2. The summed E-state index contributed by atoms with van der Waals surface area (Å²) in [5, 5.41) is 5.59. The van der Waals surface area contributed by atoms with E-state index < -0.39 is 0 Å². The highest BCUT2D eigenvalue weighted by atomic mass is 15.1. The van der Waals surface area contributed by atoms with Crippen LogP contribution < -0.4 is 5.32 Å². The molecule has 3 aromatic heterocycles. The third kappa shape index (κ3) is 2.35. The first-order valence-corrected chi connectivity index (χ1v) is 8.05. The van der Waals surface area contributed by atoms with Crippen LogP contribution in [0.3, 0.4) is 0 Å². The number of H-pyrrole nitrogens is 1. The number of aromatic nitrogens is 5. The summed E-state index contributed by atoms with van der Waals surface area (Å²) in [6, 6.07) is 16.4. The minimum Gasteiger partial charge on any atom is -0.350 e. The van der Waals surface area contributed by atoms with Crippen LogP contribution in [0.2, 0.25) is 0 Å². The summed E-state index contributed by atoms with van der Waals surface area (Å²) < 4.78 is 0. The number of imidazole rings is 1. The second-order valence-electron chi connectivity index (χ2n) is 5.81. The van der Waals surface area contributed by atoms with Crippen molar-refractivity contribution >= 4 is 38.9 Å². The Morgan fingerprint density at radius 2 is 1.56 bits per heavy atom. The van der Waals surface area contributed by atoms with Gasteiger partial charge in [0.1, 0.15) is 5.52 Å². The summed E-state index contributed by atoms with van der Waals surface area (Å²) in [5.74, 6) is 0.560. The lowest BCUT2D eigenvalue weighted by Crippen LogP contribution is -2.05. The molecule has 0 fully saturated rings. The number of fused-ring (bicyclic) bond motifs is 3. The Bertz CT molecular complexity index is 1160. The monoisotopic (exact) mass is 326 g/mol. The van der Waals surface area contributed by atoms with E-state index in [-0.39, 0.29) is 0 Å². The number of rotatable bonds is 3. The summed E-state index contributed by atoms with van der Waals surface area (Å²) in [4.78, 5) is 20.7. The molecule has 25 heavy (non-hydrogen) atoms. The number of anilines is 1. The molecule has 2 aromatic carbocycles. The van der Waals surface area contributed by atoms with Crippen LogP contribution in [0.25, 0.3) is 33.0 Å². The highest BCUT2D eigenvalue weighted by molar-refractivity contribution is 5.97. The van der Waals surface area contributed by atoms with Crippen LogP contribution in [0.4, 0.5) is 5.95 Å². The number of nitrogens with zero attached hydrogens (tertiary/aromatic N) is 4. The molecule has 6 nitrogen and oxygen atoms in total. The van der Waals surface area contributed by atoms with Crippen molar-refractivity contribution in [1.82, 2.24) is 24.9 Å². The van der Waals surface area contributed by atoms with Gasteiger partial charge in [0.15, 0.2) is 5.65 Å². The van der Waals surface area contributed by atoms with Gasteiger partial charge in [0, 0.05) is 17.3 Å². The molecule has 0 atom stereocenters. The van der Waals surface area contributed by atoms with Crippen LogP contribution in [0.5, 0.6) is 0 Å². The first-order chi connectivity index (χ1) is 12.4. The number of hydrogen-bond acceptors (Lipinski definition) is 5. The topological polar surface area (TPSA) is 79.4 Å². The largest absolute Gasteiger partial charge is 0.350 e. The number of pyridine rings is 1. The van der Waals surface area contributed by atoms with Gasteiger partial charge in [-0.15, -0.1) is 0 Å². The van der Waals surface area contributed by atoms with Crippen molar-refractivity contribution in [3.8, 4) is 0 Å². The van der Waals surface area contributed by atoms with Crippen LogP contribution in [0, 0.1) is 0 Å². The van der Waals surface area contributed by atoms with Gasteiger partial charge in [-0.3, -0.25) is 0 Å². The van der Waals surface area contributed by atoms with Crippen LogP contribution in [0.15, 0.2) is 61.1 Å². The first-order valence-electron chi connectivity index (χ1n) is 8.05. The molecule has 6 heteroatoms. The standard InChI is InChI=1S/C19H14N6/c1-3-7-15-12(5-1)14(13-6-2-4-8-16(13)24-15)9-20-19-21-10-17-18(25-19)23-11-22-17/h1-8,10-11H,9H2,(H2,20,21,22,23,25). The van der Waals surface area contributed by atoms with E-state index in [2.05, 4.69) is 37.4 Å². The smallest absolute Gasteiger partial charge is 0.225 e. The Labute approximate surface area is 143 Å². The van der Waals surface area contributed by atoms with Crippen molar-refractivity contribution in [2.75, 3.05) is 5.32 Å². The maximum absolute atomic E-state index is 4.75. The van der Waals surface area contributed by atoms with Crippen LogP contribution >= 0.6 is 0 Å². The molecule has 5 rings (SSSR count). The molecule has 0 unspecified atom stereocenters. The average Bonchev–Trinajstić information content (AvgIpc) is 3.13. The molecule has 0 aliphatic heterocycles. The average molecular weight is 326 g/mol. The van der Waals surface area contributed by atoms with E-state index in [1.807, 2.05) is 36.4 Å². The highest BCUT2D eigenvalue weighted by Gasteiger charge is 2.09. The summed E-state index contributed by atoms with van der Waals surface area (Å²) in [6.45, 7) is 0.611. The third-order valence-electron chi connectivity index (χ3n) is 4.30. The van der Waals surface area contributed by atoms with Crippen LogP contribution in [-0.4, -0.2) is 24.9 Å². The summed E-state index contributed by atoms with van der Waals surface area (Å²) >= 11 is 0. The number of benzene rings is 2. The second-order valence-corrected chi connectivity index (χ2v) is 5.81. The van der Waals surface area contributed by atoms with Gasteiger partial charge in [0.2, 0.25) is 5.95 Å². The molecule has 2 N–H and O–H groups in total. The number of nitrogens with one attached hydrogen (secondary N) is 2. The van der Waals surface area contributed by atoms with Crippen molar-refractivity contribution in [3.63, 3.8) is 0 Å². The van der Waals surface area contributed by atoms with Gasteiger partial charge < -0.3 is 10.3 Å². The zero-order valence-electron chi connectivity index (χ0n) is 13.3. The second kappa shape index (κ2) is 5.52. The van der Waals surface area contributed by atoms with Gasteiger partial charge >= 0.3 is 0 Å². The molecule has 0 saturated carbocycles. The van der Waals surface area contributed by atoms with Gasteiger partial charge in [0.25, 0.3) is 0 Å².